The minimum Gasteiger partial charge on any atom is -0.387 e. The minimum absolute atomic E-state index is 0.0897. The Hall–Kier alpha value is -1.55. The van der Waals surface area contributed by atoms with E-state index in [-0.39, 0.29) is 11.5 Å². The fourth-order valence-electron chi connectivity index (χ4n) is 1.52. The molecule has 1 aromatic carbocycles. The van der Waals surface area contributed by atoms with Crippen LogP contribution in [0.2, 0.25) is 0 Å². The van der Waals surface area contributed by atoms with Crippen LogP contribution in [0.4, 0.5) is 5.69 Å². The van der Waals surface area contributed by atoms with Gasteiger partial charge >= 0.3 is 0 Å². The second-order valence-corrected chi connectivity index (χ2v) is 4.95. The summed E-state index contributed by atoms with van der Waals surface area (Å²) in [7, 11) is 3.44. The van der Waals surface area contributed by atoms with E-state index >= 15 is 0 Å². The van der Waals surface area contributed by atoms with Crippen LogP contribution in [-0.2, 0) is 4.74 Å². The van der Waals surface area contributed by atoms with Crippen LogP contribution in [0.25, 0.3) is 0 Å². The molecule has 0 heterocycles. The molecular weight excluding hydrogens is 228 g/mol. The molecule has 0 radical (unpaired) electrons. The van der Waals surface area contributed by atoms with Crippen LogP contribution in [0.1, 0.15) is 29.8 Å². The molecule has 1 amide bonds. The van der Waals surface area contributed by atoms with Crippen LogP contribution in [0.3, 0.4) is 0 Å². The number of aryl methyl sites for hydroxylation is 1. The van der Waals surface area contributed by atoms with Crippen molar-refractivity contribution in [3.8, 4) is 0 Å². The first-order chi connectivity index (χ1) is 8.39. The van der Waals surface area contributed by atoms with E-state index in [1.165, 1.54) is 0 Å². The maximum absolute atomic E-state index is 12.1. The first-order valence-corrected chi connectivity index (χ1v) is 6.01. The van der Waals surface area contributed by atoms with Crippen molar-refractivity contribution in [2.24, 2.45) is 0 Å². The van der Waals surface area contributed by atoms with Gasteiger partial charge in [0.05, 0.1) is 11.2 Å². The van der Waals surface area contributed by atoms with Gasteiger partial charge in [-0.25, -0.2) is 0 Å². The molecule has 0 aromatic heterocycles. The Bertz CT molecular complexity index is 428. The SMILES string of the molecule is CNc1ccc(C)cc1C(=O)NCC(C)(C)OC. The molecule has 0 aliphatic rings. The van der Waals surface area contributed by atoms with Crippen LogP contribution in [-0.4, -0.2) is 32.2 Å². The largest absolute Gasteiger partial charge is 0.387 e. The Labute approximate surface area is 109 Å². The number of hydrogen-bond donors (Lipinski definition) is 2. The average Bonchev–Trinajstić information content (AvgIpc) is 2.36. The van der Waals surface area contributed by atoms with Gasteiger partial charge < -0.3 is 15.4 Å². The molecule has 4 heteroatoms. The van der Waals surface area contributed by atoms with Gasteiger partial charge in [-0.05, 0) is 32.9 Å². The molecule has 2 N–H and O–H groups in total. The van der Waals surface area contributed by atoms with Gasteiger partial charge in [0, 0.05) is 26.4 Å². The van der Waals surface area contributed by atoms with Crippen molar-refractivity contribution in [1.82, 2.24) is 5.32 Å². The Kier molecular flexibility index (Phi) is 4.73. The summed E-state index contributed by atoms with van der Waals surface area (Å²) in [4.78, 5) is 12.1. The topological polar surface area (TPSA) is 50.4 Å². The van der Waals surface area contributed by atoms with Gasteiger partial charge in [-0.3, -0.25) is 4.79 Å². The van der Waals surface area contributed by atoms with Gasteiger partial charge in [0.2, 0.25) is 0 Å². The number of rotatable bonds is 5. The van der Waals surface area contributed by atoms with Gasteiger partial charge in [0.25, 0.3) is 5.91 Å². The molecule has 0 atom stereocenters. The number of anilines is 1. The number of methoxy groups -OCH3 is 1. The maximum atomic E-state index is 12.1. The molecule has 100 valence electrons. The summed E-state index contributed by atoms with van der Waals surface area (Å²) in [5, 5.41) is 5.91. The van der Waals surface area contributed by atoms with E-state index in [0.717, 1.165) is 11.3 Å². The van der Waals surface area contributed by atoms with E-state index in [2.05, 4.69) is 10.6 Å². The molecule has 18 heavy (non-hydrogen) atoms. The van der Waals surface area contributed by atoms with E-state index in [4.69, 9.17) is 4.74 Å². The Balaban J connectivity index is 2.81. The van der Waals surface area contributed by atoms with Crippen LogP contribution in [0.5, 0.6) is 0 Å². The van der Waals surface area contributed by atoms with Crippen molar-refractivity contribution < 1.29 is 9.53 Å². The Morgan fingerprint density at radius 1 is 1.39 bits per heavy atom. The summed E-state index contributed by atoms with van der Waals surface area (Å²) in [6, 6.07) is 5.76. The predicted octanol–water partition coefficient (Wildman–Crippen LogP) is 2.19. The first-order valence-electron chi connectivity index (χ1n) is 6.01. The van der Waals surface area contributed by atoms with Crippen molar-refractivity contribution in [3.63, 3.8) is 0 Å². The lowest BCUT2D eigenvalue weighted by molar-refractivity contribution is 0.0229. The Morgan fingerprint density at radius 2 is 2.06 bits per heavy atom. The zero-order valence-electron chi connectivity index (χ0n) is 11.8. The predicted molar refractivity (Wildman–Crippen MR) is 74.1 cm³/mol. The van der Waals surface area contributed by atoms with Crippen LogP contribution >= 0.6 is 0 Å². The zero-order chi connectivity index (χ0) is 13.8. The highest BCUT2D eigenvalue weighted by molar-refractivity contribution is 5.99. The van der Waals surface area contributed by atoms with Crippen molar-refractivity contribution in [3.05, 3.63) is 29.3 Å². The van der Waals surface area contributed by atoms with Crippen molar-refractivity contribution in [2.75, 3.05) is 26.0 Å². The van der Waals surface area contributed by atoms with E-state index in [1.54, 1.807) is 14.2 Å². The number of ether oxygens (including phenoxy) is 1. The number of carbonyl (C=O) groups is 1. The molecule has 0 spiro atoms. The molecule has 4 nitrogen and oxygen atoms in total. The second kappa shape index (κ2) is 5.87. The number of carbonyl (C=O) groups excluding carboxylic acids is 1. The molecule has 0 bridgehead atoms. The lowest BCUT2D eigenvalue weighted by Gasteiger charge is -2.23. The quantitative estimate of drug-likeness (QED) is 0.842. The average molecular weight is 250 g/mol. The first kappa shape index (κ1) is 14.5. The third kappa shape index (κ3) is 3.74. The fraction of sp³-hybridized carbons (Fsp3) is 0.500. The molecule has 0 saturated carbocycles. The zero-order valence-corrected chi connectivity index (χ0v) is 11.8. The minimum atomic E-state index is -0.362. The lowest BCUT2D eigenvalue weighted by atomic mass is 10.1. The summed E-state index contributed by atoms with van der Waals surface area (Å²) in [5.41, 5.74) is 2.18. The summed E-state index contributed by atoms with van der Waals surface area (Å²) < 4.78 is 5.27. The van der Waals surface area contributed by atoms with Gasteiger partial charge in [-0.1, -0.05) is 11.6 Å². The third-order valence-electron chi connectivity index (χ3n) is 2.92. The highest BCUT2D eigenvalue weighted by Gasteiger charge is 2.19. The highest BCUT2D eigenvalue weighted by Crippen LogP contribution is 2.17. The molecular formula is C14H22N2O2. The lowest BCUT2D eigenvalue weighted by Crippen LogP contribution is -2.39. The van der Waals surface area contributed by atoms with E-state index in [9.17, 15) is 4.79 Å². The molecule has 1 rings (SSSR count). The number of benzene rings is 1. The fourth-order valence-corrected chi connectivity index (χ4v) is 1.52. The molecule has 0 aliphatic carbocycles. The Morgan fingerprint density at radius 3 is 2.61 bits per heavy atom. The monoisotopic (exact) mass is 250 g/mol. The van der Waals surface area contributed by atoms with Crippen LogP contribution in [0.15, 0.2) is 18.2 Å². The van der Waals surface area contributed by atoms with E-state index in [0.29, 0.717) is 12.1 Å². The van der Waals surface area contributed by atoms with Gasteiger partial charge in [0.15, 0.2) is 0 Å². The van der Waals surface area contributed by atoms with E-state index in [1.807, 2.05) is 39.0 Å². The summed E-state index contributed by atoms with van der Waals surface area (Å²) >= 11 is 0. The van der Waals surface area contributed by atoms with Gasteiger partial charge in [-0.2, -0.15) is 0 Å². The van der Waals surface area contributed by atoms with Crippen LogP contribution < -0.4 is 10.6 Å². The standard InChI is InChI=1S/C14H22N2O2/c1-10-6-7-12(15-4)11(8-10)13(17)16-9-14(2,3)18-5/h6-8,15H,9H2,1-5H3,(H,16,17). The van der Waals surface area contributed by atoms with Crippen LogP contribution in [0, 0.1) is 6.92 Å². The van der Waals surface area contributed by atoms with Gasteiger partial charge in [-0.15, -0.1) is 0 Å². The number of amides is 1. The molecule has 1 aromatic rings. The van der Waals surface area contributed by atoms with Gasteiger partial charge in [0.1, 0.15) is 0 Å². The molecule has 0 fully saturated rings. The van der Waals surface area contributed by atoms with Crippen molar-refractivity contribution in [2.45, 2.75) is 26.4 Å². The second-order valence-electron chi connectivity index (χ2n) is 4.95. The molecule has 0 aliphatic heterocycles. The maximum Gasteiger partial charge on any atom is 0.253 e. The third-order valence-corrected chi connectivity index (χ3v) is 2.92. The summed E-state index contributed by atoms with van der Waals surface area (Å²) in [6.07, 6.45) is 0. The molecule has 0 unspecified atom stereocenters. The van der Waals surface area contributed by atoms with Crippen molar-refractivity contribution in [1.29, 1.82) is 0 Å². The molecule has 0 saturated heterocycles. The summed E-state index contributed by atoms with van der Waals surface area (Å²) in [6.45, 7) is 6.31. The summed E-state index contributed by atoms with van der Waals surface area (Å²) in [5.74, 6) is -0.0897. The highest BCUT2D eigenvalue weighted by atomic mass is 16.5. The van der Waals surface area contributed by atoms with Crippen molar-refractivity contribution >= 4 is 11.6 Å². The van der Waals surface area contributed by atoms with E-state index < -0.39 is 0 Å². The number of hydrogen-bond acceptors (Lipinski definition) is 3. The smallest absolute Gasteiger partial charge is 0.253 e. The number of nitrogens with one attached hydrogen (secondary N) is 2. The normalized spacial score (nSPS) is 11.2.